The molecule has 3 N–H and O–H groups in total. The first-order valence-corrected chi connectivity index (χ1v) is 6.43. The van der Waals surface area contributed by atoms with Crippen LogP contribution in [0.15, 0.2) is 29.2 Å². The van der Waals surface area contributed by atoms with Gasteiger partial charge in [-0.3, -0.25) is 11.3 Å². The standard InChI is InChI=1S/C13H16N2S/c1-2-3-7-12(15-14)11-9-16-13-8-5-4-6-10(11)13/h4-6,8,11-12,15H,7,9,14H2,1H3. The summed E-state index contributed by atoms with van der Waals surface area (Å²) in [4.78, 5) is 1.39. The van der Waals surface area contributed by atoms with Crippen LogP contribution >= 0.6 is 11.8 Å². The number of hydrogen-bond donors (Lipinski definition) is 2. The van der Waals surface area contributed by atoms with E-state index in [1.54, 1.807) is 0 Å². The molecule has 2 atom stereocenters. The predicted molar refractivity (Wildman–Crippen MR) is 69.1 cm³/mol. The zero-order valence-electron chi connectivity index (χ0n) is 9.36. The minimum absolute atomic E-state index is 0.253. The third kappa shape index (κ3) is 2.25. The van der Waals surface area contributed by atoms with Crippen molar-refractivity contribution in [2.75, 3.05) is 5.75 Å². The van der Waals surface area contributed by atoms with Crippen molar-refractivity contribution in [3.63, 3.8) is 0 Å². The van der Waals surface area contributed by atoms with Gasteiger partial charge in [0.25, 0.3) is 0 Å². The Morgan fingerprint density at radius 3 is 3.12 bits per heavy atom. The maximum atomic E-state index is 5.62. The average Bonchev–Trinajstić information content (AvgIpc) is 2.75. The van der Waals surface area contributed by atoms with Crippen LogP contribution in [-0.2, 0) is 0 Å². The molecule has 0 amide bonds. The fourth-order valence-electron chi connectivity index (χ4n) is 2.05. The summed E-state index contributed by atoms with van der Waals surface area (Å²) >= 11 is 1.91. The Bertz CT molecular complexity index is 419. The normalized spacial score (nSPS) is 19.8. The second-order valence-electron chi connectivity index (χ2n) is 3.86. The van der Waals surface area contributed by atoms with Gasteiger partial charge in [0.2, 0.25) is 0 Å². The topological polar surface area (TPSA) is 38.0 Å². The molecular formula is C13H16N2S. The van der Waals surface area contributed by atoms with Crippen LogP contribution in [0.4, 0.5) is 0 Å². The molecule has 1 aliphatic heterocycles. The molecule has 1 aromatic carbocycles. The number of benzene rings is 1. The Hall–Kier alpha value is -0.950. The third-order valence-corrected chi connectivity index (χ3v) is 4.14. The molecule has 0 saturated carbocycles. The summed E-state index contributed by atoms with van der Waals surface area (Å²) in [5.41, 5.74) is 4.31. The van der Waals surface area contributed by atoms with E-state index in [4.69, 9.17) is 5.84 Å². The van der Waals surface area contributed by atoms with E-state index < -0.39 is 0 Å². The van der Waals surface area contributed by atoms with E-state index in [-0.39, 0.29) is 6.04 Å². The molecule has 0 aromatic heterocycles. The van der Waals surface area contributed by atoms with Crippen molar-refractivity contribution < 1.29 is 0 Å². The highest BCUT2D eigenvalue weighted by molar-refractivity contribution is 7.99. The van der Waals surface area contributed by atoms with Crippen LogP contribution in [0.25, 0.3) is 0 Å². The summed E-state index contributed by atoms with van der Waals surface area (Å²) in [6.07, 6.45) is 0.812. The average molecular weight is 232 g/mol. The molecule has 0 fully saturated rings. The van der Waals surface area contributed by atoms with Gasteiger partial charge in [0.1, 0.15) is 0 Å². The van der Waals surface area contributed by atoms with Gasteiger partial charge in [-0.05, 0) is 18.6 Å². The highest BCUT2D eigenvalue weighted by Gasteiger charge is 2.28. The van der Waals surface area contributed by atoms with Crippen LogP contribution in [-0.4, -0.2) is 11.8 Å². The van der Waals surface area contributed by atoms with Gasteiger partial charge in [-0.1, -0.05) is 18.2 Å². The number of thioether (sulfide) groups is 1. The zero-order valence-corrected chi connectivity index (χ0v) is 10.2. The van der Waals surface area contributed by atoms with Crippen molar-refractivity contribution in [1.29, 1.82) is 0 Å². The lowest BCUT2D eigenvalue weighted by Crippen LogP contribution is -2.39. The van der Waals surface area contributed by atoms with Crippen molar-refractivity contribution in [3.8, 4) is 11.8 Å². The molecule has 0 saturated heterocycles. The third-order valence-electron chi connectivity index (χ3n) is 2.94. The van der Waals surface area contributed by atoms with Crippen LogP contribution in [0.2, 0.25) is 0 Å². The van der Waals surface area contributed by atoms with Gasteiger partial charge in [-0.15, -0.1) is 23.6 Å². The van der Waals surface area contributed by atoms with Crippen LogP contribution in [0.3, 0.4) is 0 Å². The van der Waals surface area contributed by atoms with Crippen molar-refractivity contribution in [1.82, 2.24) is 5.43 Å². The lowest BCUT2D eigenvalue weighted by atomic mass is 9.92. The molecule has 2 nitrogen and oxygen atoms in total. The molecule has 16 heavy (non-hydrogen) atoms. The molecule has 84 valence electrons. The smallest absolute Gasteiger partial charge is 0.0396 e. The van der Waals surface area contributed by atoms with Crippen LogP contribution in [0.5, 0.6) is 0 Å². The second-order valence-corrected chi connectivity index (χ2v) is 4.92. The predicted octanol–water partition coefficient (Wildman–Crippen LogP) is 2.12. The summed E-state index contributed by atoms with van der Waals surface area (Å²) in [6, 6.07) is 8.81. The number of fused-ring (bicyclic) bond motifs is 1. The van der Waals surface area contributed by atoms with E-state index in [1.807, 2.05) is 18.7 Å². The Morgan fingerprint density at radius 1 is 1.56 bits per heavy atom. The summed E-state index contributed by atoms with van der Waals surface area (Å²) in [6.45, 7) is 1.87. The number of nitrogens with one attached hydrogen (secondary N) is 1. The van der Waals surface area contributed by atoms with Crippen LogP contribution in [0.1, 0.15) is 24.8 Å². The van der Waals surface area contributed by atoms with Gasteiger partial charge < -0.3 is 0 Å². The summed E-state index contributed by atoms with van der Waals surface area (Å²) < 4.78 is 0. The minimum Gasteiger partial charge on any atom is -0.271 e. The zero-order chi connectivity index (χ0) is 11.4. The van der Waals surface area contributed by atoms with E-state index in [0.29, 0.717) is 5.92 Å². The van der Waals surface area contributed by atoms with Crippen molar-refractivity contribution in [3.05, 3.63) is 29.8 Å². The first-order chi connectivity index (χ1) is 7.86. The monoisotopic (exact) mass is 232 g/mol. The summed E-state index contributed by atoms with van der Waals surface area (Å²) in [5, 5.41) is 0. The quantitative estimate of drug-likeness (QED) is 0.476. The number of hydrazine groups is 1. The molecule has 0 aliphatic carbocycles. The molecule has 0 bridgehead atoms. The Kier molecular flexibility index (Phi) is 3.89. The second kappa shape index (κ2) is 5.40. The lowest BCUT2D eigenvalue weighted by Gasteiger charge is -2.20. The van der Waals surface area contributed by atoms with Gasteiger partial charge in [0, 0.05) is 29.0 Å². The Morgan fingerprint density at radius 2 is 2.38 bits per heavy atom. The highest BCUT2D eigenvalue weighted by atomic mass is 32.2. The van der Waals surface area contributed by atoms with Gasteiger partial charge in [-0.25, -0.2) is 0 Å². The van der Waals surface area contributed by atoms with E-state index in [0.717, 1.165) is 12.2 Å². The van der Waals surface area contributed by atoms with Crippen LogP contribution in [0, 0.1) is 11.8 Å². The number of nitrogens with two attached hydrogens (primary N) is 1. The van der Waals surface area contributed by atoms with E-state index in [9.17, 15) is 0 Å². The first kappa shape index (κ1) is 11.5. The van der Waals surface area contributed by atoms with Crippen molar-refractivity contribution in [2.24, 2.45) is 5.84 Å². The molecular weight excluding hydrogens is 216 g/mol. The van der Waals surface area contributed by atoms with E-state index in [2.05, 4.69) is 41.5 Å². The van der Waals surface area contributed by atoms with E-state index in [1.165, 1.54) is 10.5 Å². The largest absolute Gasteiger partial charge is 0.271 e. The summed E-state index contributed by atoms with van der Waals surface area (Å²) in [7, 11) is 0. The van der Waals surface area contributed by atoms with Crippen molar-refractivity contribution >= 4 is 11.8 Å². The SMILES string of the molecule is CC#CCC(NN)C1CSc2ccccc21. The molecule has 3 heteroatoms. The van der Waals surface area contributed by atoms with Gasteiger partial charge in [0.15, 0.2) is 0 Å². The molecule has 2 rings (SSSR count). The Balaban J connectivity index is 2.18. The minimum atomic E-state index is 0.253. The lowest BCUT2D eigenvalue weighted by molar-refractivity contribution is 0.474. The van der Waals surface area contributed by atoms with Crippen LogP contribution < -0.4 is 11.3 Å². The van der Waals surface area contributed by atoms with Gasteiger partial charge >= 0.3 is 0 Å². The van der Waals surface area contributed by atoms with Gasteiger partial charge in [0.05, 0.1) is 0 Å². The maximum absolute atomic E-state index is 5.62. The molecule has 0 spiro atoms. The van der Waals surface area contributed by atoms with Gasteiger partial charge in [-0.2, -0.15) is 0 Å². The van der Waals surface area contributed by atoms with Crippen molar-refractivity contribution in [2.45, 2.75) is 30.2 Å². The molecule has 0 radical (unpaired) electrons. The molecule has 1 heterocycles. The molecule has 1 aromatic rings. The highest BCUT2D eigenvalue weighted by Crippen LogP contribution is 2.41. The maximum Gasteiger partial charge on any atom is 0.0396 e. The number of rotatable bonds is 3. The fraction of sp³-hybridized carbons (Fsp3) is 0.385. The number of hydrogen-bond acceptors (Lipinski definition) is 3. The fourth-order valence-corrected chi connectivity index (χ4v) is 3.38. The molecule has 1 aliphatic rings. The molecule has 2 unspecified atom stereocenters. The Labute approximate surface area is 101 Å². The van der Waals surface area contributed by atoms with E-state index >= 15 is 0 Å². The first-order valence-electron chi connectivity index (χ1n) is 5.44. The summed E-state index contributed by atoms with van der Waals surface area (Å²) in [5.74, 6) is 13.2.